The van der Waals surface area contributed by atoms with E-state index in [1.807, 2.05) is 4.57 Å². The van der Waals surface area contributed by atoms with Gasteiger partial charge in [-0.1, -0.05) is 0 Å². The fourth-order valence-corrected chi connectivity index (χ4v) is 2.37. The van der Waals surface area contributed by atoms with Crippen molar-refractivity contribution in [3.05, 3.63) is 29.6 Å². The van der Waals surface area contributed by atoms with Gasteiger partial charge in [0, 0.05) is 20.0 Å². The van der Waals surface area contributed by atoms with Crippen LogP contribution in [0.15, 0.2) is 18.2 Å². The van der Waals surface area contributed by atoms with Gasteiger partial charge in [-0.25, -0.2) is 9.78 Å². The highest BCUT2D eigenvalue weighted by Crippen LogP contribution is 2.40. The second kappa shape index (κ2) is 4.87. The zero-order chi connectivity index (χ0) is 15.1. The summed E-state index contributed by atoms with van der Waals surface area (Å²) in [6.45, 7) is 0.193. The number of likely N-dealkylation sites (N-methyl/N-ethyl adjacent to an activating group) is 1. The van der Waals surface area contributed by atoms with Crippen molar-refractivity contribution in [1.82, 2.24) is 14.5 Å². The molecule has 1 aromatic heterocycles. The molecule has 0 bridgehead atoms. The van der Waals surface area contributed by atoms with Crippen LogP contribution in [0.2, 0.25) is 0 Å². The Hall–Kier alpha value is -2.37. The maximum Gasteiger partial charge on any atom is 0.335 e. The number of carbonyl (C=O) groups excluding carboxylic acids is 1. The van der Waals surface area contributed by atoms with Crippen molar-refractivity contribution in [3.63, 3.8) is 0 Å². The van der Waals surface area contributed by atoms with Gasteiger partial charge in [-0.15, -0.1) is 0 Å². The lowest BCUT2D eigenvalue weighted by Gasteiger charge is -2.13. The second-order valence-corrected chi connectivity index (χ2v) is 5.63. The quantitative estimate of drug-likeness (QED) is 0.928. The molecule has 2 aromatic rings. The van der Waals surface area contributed by atoms with Crippen LogP contribution in [0.5, 0.6) is 0 Å². The summed E-state index contributed by atoms with van der Waals surface area (Å²) in [4.78, 5) is 29.3. The first-order chi connectivity index (χ1) is 9.97. The molecule has 0 atom stereocenters. The summed E-state index contributed by atoms with van der Waals surface area (Å²) in [7, 11) is 3.42. The number of benzene rings is 1. The number of aromatic carboxylic acids is 1. The van der Waals surface area contributed by atoms with Crippen LogP contribution in [0.3, 0.4) is 0 Å². The summed E-state index contributed by atoms with van der Waals surface area (Å²) in [6, 6.07) is 4.85. The molecule has 0 radical (unpaired) electrons. The fraction of sp³-hybridized carbons (Fsp3) is 0.400. The Morgan fingerprint density at radius 1 is 1.38 bits per heavy atom. The highest BCUT2D eigenvalue weighted by Gasteiger charge is 2.30. The highest BCUT2D eigenvalue weighted by molar-refractivity contribution is 5.93. The first-order valence-corrected chi connectivity index (χ1v) is 6.91. The molecule has 21 heavy (non-hydrogen) atoms. The summed E-state index contributed by atoms with van der Waals surface area (Å²) in [5, 5.41) is 9.13. The molecule has 1 saturated carbocycles. The third-order valence-electron chi connectivity index (χ3n) is 3.76. The lowest BCUT2D eigenvalue weighted by Crippen LogP contribution is -2.27. The molecule has 110 valence electrons. The minimum atomic E-state index is -0.975. The van der Waals surface area contributed by atoms with Gasteiger partial charge in [0.25, 0.3) is 0 Å². The maximum absolute atomic E-state index is 12.0. The molecule has 6 nitrogen and oxygen atoms in total. The van der Waals surface area contributed by atoms with E-state index in [4.69, 9.17) is 5.11 Å². The molecule has 1 N–H and O–H groups in total. The Kier molecular flexibility index (Phi) is 3.16. The molecule has 0 aliphatic heterocycles. The first kappa shape index (κ1) is 13.6. The SMILES string of the molecule is CN(C)C(=O)Cn1c(C2CC2)nc2ccc(C(=O)O)cc21. The van der Waals surface area contributed by atoms with Crippen molar-refractivity contribution in [2.45, 2.75) is 25.3 Å². The van der Waals surface area contributed by atoms with Gasteiger partial charge in [0.1, 0.15) is 12.4 Å². The van der Waals surface area contributed by atoms with Crippen molar-refractivity contribution >= 4 is 22.9 Å². The number of hydrogen-bond donors (Lipinski definition) is 1. The Morgan fingerprint density at radius 3 is 2.67 bits per heavy atom. The number of imidazole rings is 1. The van der Waals surface area contributed by atoms with E-state index in [1.54, 1.807) is 32.3 Å². The number of carbonyl (C=O) groups is 2. The van der Waals surface area contributed by atoms with Gasteiger partial charge in [0.15, 0.2) is 0 Å². The number of amides is 1. The molecule has 1 fully saturated rings. The number of hydrogen-bond acceptors (Lipinski definition) is 3. The van der Waals surface area contributed by atoms with E-state index in [-0.39, 0.29) is 18.0 Å². The summed E-state index contributed by atoms with van der Waals surface area (Å²) in [5.41, 5.74) is 1.67. The average molecular weight is 287 g/mol. The zero-order valence-electron chi connectivity index (χ0n) is 12.0. The Morgan fingerprint density at radius 2 is 2.10 bits per heavy atom. The number of carboxylic acids is 1. The minimum absolute atomic E-state index is 0.0306. The Labute approximate surface area is 122 Å². The van der Waals surface area contributed by atoms with Crippen LogP contribution in [-0.2, 0) is 11.3 Å². The minimum Gasteiger partial charge on any atom is -0.478 e. The Bertz CT molecular complexity index is 729. The van der Waals surface area contributed by atoms with Crippen LogP contribution in [0, 0.1) is 0 Å². The lowest BCUT2D eigenvalue weighted by molar-refractivity contribution is -0.129. The van der Waals surface area contributed by atoms with Gasteiger partial charge in [0.2, 0.25) is 5.91 Å². The summed E-state index contributed by atoms with van der Waals surface area (Å²) in [5.74, 6) is 0.275. The number of aromatic nitrogens is 2. The van der Waals surface area contributed by atoms with Gasteiger partial charge in [-0.2, -0.15) is 0 Å². The van der Waals surface area contributed by atoms with Crippen LogP contribution >= 0.6 is 0 Å². The molecule has 1 aliphatic carbocycles. The predicted molar refractivity (Wildman–Crippen MR) is 77.4 cm³/mol. The van der Waals surface area contributed by atoms with Crippen molar-refractivity contribution in [2.75, 3.05) is 14.1 Å². The van der Waals surface area contributed by atoms with Crippen molar-refractivity contribution in [1.29, 1.82) is 0 Å². The third-order valence-corrected chi connectivity index (χ3v) is 3.76. The Balaban J connectivity index is 2.12. The lowest BCUT2D eigenvalue weighted by atomic mass is 10.2. The van der Waals surface area contributed by atoms with Crippen molar-refractivity contribution in [3.8, 4) is 0 Å². The van der Waals surface area contributed by atoms with Crippen LogP contribution in [0.1, 0.15) is 34.9 Å². The molecular formula is C15H17N3O3. The number of rotatable bonds is 4. The number of fused-ring (bicyclic) bond motifs is 1. The normalized spacial score (nSPS) is 14.4. The zero-order valence-corrected chi connectivity index (χ0v) is 12.0. The predicted octanol–water partition coefficient (Wildman–Crippen LogP) is 1.70. The van der Waals surface area contributed by atoms with E-state index in [1.165, 1.54) is 4.90 Å². The standard InChI is InChI=1S/C15H17N3O3/c1-17(2)13(19)8-18-12-7-10(15(20)21)5-6-11(12)16-14(18)9-3-4-9/h5-7,9H,3-4,8H2,1-2H3,(H,20,21). The average Bonchev–Trinajstić information content (AvgIpc) is 3.22. The van der Waals surface area contributed by atoms with Crippen LogP contribution in [-0.4, -0.2) is 45.5 Å². The van der Waals surface area contributed by atoms with Gasteiger partial charge < -0.3 is 14.6 Å². The molecule has 6 heteroatoms. The third kappa shape index (κ3) is 2.49. The second-order valence-electron chi connectivity index (χ2n) is 5.63. The highest BCUT2D eigenvalue weighted by atomic mass is 16.4. The molecular weight excluding hydrogens is 270 g/mol. The van der Waals surface area contributed by atoms with Gasteiger partial charge in [-0.3, -0.25) is 4.79 Å². The topological polar surface area (TPSA) is 75.4 Å². The molecule has 1 aliphatic rings. The van der Waals surface area contributed by atoms with E-state index >= 15 is 0 Å². The summed E-state index contributed by atoms with van der Waals surface area (Å²) in [6.07, 6.45) is 2.15. The van der Waals surface area contributed by atoms with E-state index in [0.717, 1.165) is 24.2 Å². The first-order valence-electron chi connectivity index (χ1n) is 6.91. The van der Waals surface area contributed by atoms with Gasteiger partial charge >= 0.3 is 5.97 Å². The van der Waals surface area contributed by atoms with Gasteiger partial charge in [-0.05, 0) is 31.0 Å². The molecule has 1 amide bonds. The van der Waals surface area contributed by atoms with E-state index in [2.05, 4.69) is 4.98 Å². The molecule has 0 saturated heterocycles. The number of carboxylic acid groups (broad SMARTS) is 1. The molecule has 0 spiro atoms. The van der Waals surface area contributed by atoms with E-state index in [9.17, 15) is 9.59 Å². The maximum atomic E-state index is 12.0. The molecule has 1 heterocycles. The van der Waals surface area contributed by atoms with Gasteiger partial charge in [0.05, 0.1) is 16.6 Å². The van der Waals surface area contributed by atoms with E-state index in [0.29, 0.717) is 11.4 Å². The fourth-order valence-electron chi connectivity index (χ4n) is 2.37. The van der Waals surface area contributed by atoms with Crippen molar-refractivity contribution < 1.29 is 14.7 Å². The van der Waals surface area contributed by atoms with Crippen LogP contribution in [0.4, 0.5) is 0 Å². The number of nitrogens with zero attached hydrogens (tertiary/aromatic N) is 3. The molecule has 3 rings (SSSR count). The van der Waals surface area contributed by atoms with Crippen LogP contribution < -0.4 is 0 Å². The largest absolute Gasteiger partial charge is 0.478 e. The summed E-state index contributed by atoms with van der Waals surface area (Å²) < 4.78 is 1.86. The van der Waals surface area contributed by atoms with E-state index < -0.39 is 5.97 Å². The smallest absolute Gasteiger partial charge is 0.335 e. The molecule has 1 aromatic carbocycles. The monoisotopic (exact) mass is 287 g/mol. The molecule has 0 unspecified atom stereocenters. The van der Waals surface area contributed by atoms with Crippen LogP contribution in [0.25, 0.3) is 11.0 Å². The van der Waals surface area contributed by atoms with Crippen molar-refractivity contribution in [2.24, 2.45) is 0 Å². The summed E-state index contributed by atoms with van der Waals surface area (Å²) >= 11 is 0.